The molecular weight excluding hydrogens is 326 g/mol. The molecule has 136 valence electrons. The molecule has 0 aliphatic heterocycles. The van der Waals surface area contributed by atoms with Gasteiger partial charge in [-0.3, -0.25) is 14.6 Å². The van der Waals surface area contributed by atoms with Crippen LogP contribution in [0.2, 0.25) is 0 Å². The van der Waals surface area contributed by atoms with Crippen LogP contribution < -0.4 is 10.6 Å². The van der Waals surface area contributed by atoms with Crippen LogP contribution in [0.3, 0.4) is 0 Å². The number of benzene rings is 1. The number of aromatic nitrogens is 1. The van der Waals surface area contributed by atoms with Crippen molar-refractivity contribution in [2.24, 2.45) is 5.92 Å². The predicted octanol–water partition coefficient (Wildman–Crippen LogP) is 3.92. The molecule has 0 radical (unpaired) electrons. The van der Waals surface area contributed by atoms with Crippen molar-refractivity contribution in [3.63, 3.8) is 0 Å². The van der Waals surface area contributed by atoms with Gasteiger partial charge >= 0.3 is 0 Å². The minimum atomic E-state index is -0.179. The number of nitrogens with one attached hydrogen (secondary N) is 2. The fourth-order valence-corrected chi connectivity index (χ4v) is 3.43. The smallest absolute Gasteiger partial charge is 0.253 e. The first-order chi connectivity index (χ1) is 12.7. The van der Waals surface area contributed by atoms with Crippen LogP contribution in [0.15, 0.2) is 48.8 Å². The Morgan fingerprint density at radius 1 is 1.04 bits per heavy atom. The lowest BCUT2D eigenvalue weighted by molar-refractivity contribution is -0.117. The minimum absolute atomic E-state index is 0.0583. The van der Waals surface area contributed by atoms with Crippen LogP contribution in [-0.4, -0.2) is 16.8 Å². The van der Waals surface area contributed by atoms with E-state index in [1.165, 1.54) is 25.5 Å². The summed E-state index contributed by atoms with van der Waals surface area (Å²) in [7, 11) is 0. The van der Waals surface area contributed by atoms with Crippen molar-refractivity contribution in [2.45, 2.75) is 45.1 Å². The molecule has 1 fully saturated rings. The largest absolute Gasteiger partial charge is 0.348 e. The first-order valence-corrected chi connectivity index (χ1v) is 9.28. The summed E-state index contributed by atoms with van der Waals surface area (Å²) >= 11 is 0. The Hall–Kier alpha value is -2.69. The second-order valence-electron chi connectivity index (χ2n) is 6.84. The Labute approximate surface area is 154 Å². The van der Waals surface area contributed by atoms with Crippen LogP contribution in [0.5, 0.6) is 0 Å². The summed E-state index contributed by atoms with van der Waals surface area (Å²) in [6.07, 6.45) is 9.80. The van der Waals surface area contributed by atoms with Gasteiger partial charge in [-0.05, 0) is 42.5 Å². The summed E-state index contributed by atoms with van der Waals surface area (Å²) in [5.74, 6) is 0.380. The lowest BCUT2D eigenvalue weighted by atomic mass is 9.87. The lowest BCUT2D eigenvalue weighted by Crippen LogP contribution is -2.24. The van der Waals surface area contributed by atoms with Crippen LogP contribution in [-0.2, 0) is 11.3 Å². The van der Waals surface area contributed by atoms with Crippen LogP contribution in [0, 0.1) is 5.92 Å². The molecule has 1 aliphatic rings. The molecule has 26 heavy (non-hydrogen) atoms. The van der Waals surface area contributed by atoms with E-state index < -0.39 is 0 Å². The van der Waals surface area contributed by atoms with Gasteiger partial charge < -0.3 is 10.6 Å². The van der Waals surface area contributed by atoms with E-state index in [4.69, 9.17) is 0 Å². The molecule has 2 aromatic rings. The summed E-state index contributed by atoms with van der Waals surface area (Å²) in [4.78, 5) is 28.5. The average molecular weight is 351 g/mol. The molecule has 3 rings (SSSR count). The van der Waals surface area contributed by atoms with E-state index in [-0.39, 0.29) is 11.8 Å². The van der Waals surface area contributed by atoms with Crippen LogP contribution in [0.1, 0.15) is 54.4 Å². The van der Waals surface area contributed by atoms with Gasteiger partial charge in [-0.1, -0.05) is 37.5 Å². The molecule has 0 bridgehead atoms. The number of pyridine rings is 1. The number of hydrogen-bond acceptors (Lipinski definition) is 3. The Morgan fingerprint density at radius 3 is 2.62 bits per heavy atom. The number of carbonyl (C=O) groups excluding carboxylic acids is 2. The molecule has 5 heteroatoms. The third kappa shape index (κ3) is 5.15. The summed E-state index contributed by atoms with van der Waals surface area (Å²) in [6.45, 7) is 0.355. The van der Waals surface area contributed by atoms with Gasteiger partial charge in [0, 0.05) is 31.0 Å². The summed E-state index contributed by atoms with van der Waals surface area (Å²) in [5, 5.41) is 5.90. The Morgan fingerprint density at radius 2 is 1.85 bits per heavy atom. The summed E-state index contributed by atoms with van der Waals surface area (Å²) in [5.41, 5.74) is 2.17. The number of nitrogens with zero attached hydrogens (tertiary/aromatic N) is 1. The number of anilines is 1. The molecule has 1 heterocycles. The maximum atomic E-state index is 12.4. The second kappa shape index (κ2) is 9.13. The molecule has 1 aromatic heterocycles. The van der Waals surface area contributed by atoms with E-state index in [1.54, 1.807) is 18.3 Å². The van der Waals surface area contributed by atoms with Crippen molar-refractivity contribution >= 4 is 17.5 Å². The van der Waals surface area contributed by atoms with E-state index in [0.717, 1.165) is 24.1 Å². The van der Waals surface area contributed by atoms with E-state index in [0.29, 0.717) is 24.4 Å². The van der Waals surface area contributed by atoms with Crippen molar-refractivity contribution in [1.29, 1.82) is 0 Å². The zero-order chi connectivity index (χ0) is 18.2. The number of amides is 2. The van der Waals surface area contributed by atoms with Crippen LogP contribution in [0.4, 0.5) is 5.69 Å². The molecule has 1 aliphatic carbocycles. The molecule has 0 saturated heterocycles. The number of para-hydroxylation sites is 1. The molecule has 2 amide bonds. The third-order valence-electron chi connectivity index (χ3n) is 4.85. The van der Waals surface area contributed by atoms with Gasteiger partial charge in [-0.15, -0.1) is 0 Å². The van der Waals surface area contributed by atoms with E-state index in [9.17, 15) is 9.59 Å². The normalized spacial score (nSPS) is 14.6. The van der Waals surface area contributed by atoms with Crippen LogP contribution >= 0.6 is 0 Å². The summed E-state index contributed by atoms with van der Waals surface area (Å²) in [6, 6.07) is 11.0. The van der Waals surface area contributed by atoms with Gasteiger partial charge in [-0.25, -0.2) is 0 Å². The zero-order valence-corrected chi connectivity index (χ0v) is 14.9. The molecule has 0 unspecified atom stereocenters. The highest BCUT2D eigenvalue weighted by Crippen LogP contribution is 2.27. The lowest BCUT2D eigenvalue weighted by Gasteiger charge is -2.21. The Bertz CT molecular complexity index is 740. The topological polar surface area (TPSA) is 71.1 Å². The van der Waals surface area contributed by atoms with Crippen molar-refractivity contribution in [1.82, 2.24) is 10.3 Å². The van der Waals surface area contributed by atoms with Crippen molar-refractivity contribution in [3.05, 3.63) is 59.9 Å². The van der Waals surface area contributed by atoms with Crippen molar-refractivity contribution in [3.8, 4) is 0 Å². The monoisotopic (exact) mass is 351 g/mol. The molecule has 1 aromatic carbocycles. The average Bonchev–Trinajstić information content (AvgIpc) is 2.68. The molecule has 1 saturated carbocycles. The predicted molar refractivity (Wildman–Crippen MR) is 102 cm³/mol. The quantitative estimate of drug-likeness (QED) is 0.828. The van der Waals surface area contributed by atoms with E-state index >= 15 is 0 Å². The number of hydrogen-bond donors (Lipinski definition) is 2. The minimum Gasteiger partial charge on any atom is -0.348 e. The summed E-state index contributed by atoms with van der Waals surface area (Å²) < 4.78 is 0. The van der Waals surface area contributed by atoms with E-state index in [1.807, 2.05) is 24.3 Å². The SMILES string of the molecule is O=C(CC1CCCCC1)Nc1ccccc1CNC(=O)c1cccnc1. The molecule has 2 N–H and O–H groups in total. The van der Waals surface area contributed by atoms with Gasteiger partial charge in [0.25, 0.3) is 5.91 Å². The highest BCUT2D eigenvalue weighted by molar-refractivity contribution is 5.94. The highest BCUT2D eigenvalue weighted by Gasteiger charge is 2.17. The number of carbonyl (C=O) groups is 2. The van der Waals surface area contributed by atoms with Crippen molar-refractivity contribution in [2.75, 3.05) is 5.32 Å². The maximum absolute atomic E-state index is 12.4. The van der Waals surface area contributed by atoms with E-state index in [2.05, 4.69) is 15.6 Å². The molecule has 0 atom stereocenters. The highest BCUT2D eigenvalue weighted by atomic mass is 16.2. The first-order valence-electron chi connectivity index (χ1n) is 9.28. The number of rotatable bonds is 6. The Balaban J connectivity index is 1.57. The Kier molecular flexibility index (Phi) is 6.36. The van der Waals surface area contributed by atoms with Crippen LogP contribution in [0.25, 0.3) is 0 Å². The fraction of sp³-hybridized carbons (Fsp3) is 0.381. The zero-order valence-electron chi connectivity index (χ0n) is 14.9. The third-order valence-corrected chi connectivity index (χ3v) is 4.85. The second-order valence-corrected chi connectivity index (χ2v) is 6.84. The maximum Gasteiger partial charge on any atom is 0.253 e. The standard InChI is InChI=1S/C21H25N3O2/c25-20(13-16-7-2-1-3-8-16)24-19-11-5-4-9-17(19)15-23-21(26)18-10-6-12-22-14-18/h4-6,9-12,14,16H,1-3,7-8,13,15H2,(H,23,26)(H,24,25). The molecular formula is C21H25N3O2. The van der Waals surface area contributed by atoms with Crippen molar-refractivity contribution < 1.29 is 9.59 Å². The van der Waals surface area contributed by atoms with Gasteiger partial charge in [0.15, 0.2) is 0 Å². The fourth-order valence-electron chi connectivity index (χ4n) is 3.43. The first kappa shape index (κ1) is 18.1. The van der Waals surface area contributed by atoms with Gasteiger partial charge in [-0.2, -0.15) is 0 Å². The molecule has 5 nitrogen and oxygen atoms in total. The van der Waals surface area contributed by atoms with Gasteiger partial charge in [0.1, 0.15) is 0 Å². The molecule has 0 spiro atoms. The van der Waals surface area contributed by atoms with Gasteiger partial charge in [0.05, 0.1) is 5.56 Å². The van der Waals surface area contributed by atoms with Gasteiger partial charge in [0.2, 0.25) is 5.91 Å².